The fourth-order valence-corrected chi connectivity index (χ4v) is 2.00. The summed E-state index contributed by atoms with van der Waals surface area (Å²) in [7, 11) is -3.79. The third-order valence-corrected chi connectivity index (χ3v) is 3.45. The predicted octanol–water partition coefficient (Wildman–Crippen LogP) is 2.45. The molecule has 0 aliphatic rings. The van der Waals surface area contributed by atoms with Crippen molar-refractivity contribution in [1.82, 2.24) is 0 Å². The van der Waals surface area contributed by atoms with E-state index < -0.39 is 37.7 Å². The molecular weight excluding hydrogens is 307 g/mol. The summed E-state index contributed by atoms with van der Waals surface area (Å²) in [5.74, 6) is 0. The van der Waals surface area contributed by atoms with Gasteiger partial charge in [-0.25, -0.2) is 8.42 Å². The van der Waals surface area contributed by atoms with Gasteiger partial charge >= 0.3 is 6.18 Å². The maximum Gasteiger partial charge on any atom is 0.418 e. The van der Waals surface area contributed by atoms with Gasteiger partial charge in [-0.1, -0.05) is 0 Å². The van der Waals surface area contributed by atoms with Crippen LogP contribution in [0.5, 0.6) is 0 Å². The molecule has 1 N–H and O–H groups in total. The number of halogens is 3. The number of nitrogens with one attached hydrogen (secondary N) is 1. The number of nitriles is 2. The van der Waals surface area contributed by atoms with Crippen LogP contribution in [0.2, 0.25) is 0 Å². The number of anilines is 1. The van der Waals surface area contributed by atoms with E-state index in [0.29, 0.717) is 6.07 Å². The third kappa shape index (κ3) is 4.23. The first kappa shape index (κ1) is 16.5. The Morgan fingerprint density at radius 1 is 1.29 bits per heavy atom. The molecule has 0 atom stereocenters. The fourth-order valence-electron chi connectivity index (χ4n) is 1.35. The van der Waals surface area contributed by atoms with Crippen LogP contribution in [-0.2, 0) is 16.0 Å². The molecule has 0 aliphatic heterocycles. The van der Waals surface area contributed by atoms with Crippen LogP contribution in [-0.4, -0.2) is 14.7 Å². The first-order chi connectivity index (χ1) is 9.59. The minimum atomic E-state index is -4.80. The van der Waals surface area contributed by atoms with Crippen molar-refractivity contribution in [3.8, 4) is 12.1 Å². The van der Waals surface area contributed by atoms with Crippen LogP contribution in [0.1, 0.15) is 5.56 Å². The molecular formula is C12H8F3N3O2S. The van der Waals surface area contributed by atoms with E-state index in [1.807, 2.05) is 0 Å². The van der Waals surface area contributed by atoms with Crippen LogP contribution < -0.4 is 5.32 Å². The Hall–Kier alpha value is -2.52. The Balaban J connectivity index is 3.39. The van der Waals surface area contributed by atoms with E-state index in [-0.39, 0.29) is 0 Å². The lowest BCUT2D eigenvalue weighted by molar-refractivity contribution is -0.137. The molecule has 21 heavy (non-hydrogen) atoms. The molecule has 110 valence electrons. The van der Waals surface area contributed by atoms with Gasteiger partial charge in [0.15, 0.2) is 9.84 Å². The van der Waals surface area contributed by atoms with E-state index in [2.05, 4.69) is 5.32 Å². The lowest BCUT2D eigenvalue weighted by Crippen LogP contribution is -2.10. The van der Waals surface area contributed by atoms with Gasteiger partial charge in [-0.2, -0.15) is 23.7 Å². The molecule has 0 saturated carbocycles. The molecule has 0 aliphatic carbocycles. The first-order valence-corrected chi connectivity index (χ1v) is 7.17. The van der Waals surface area contributed by atoms with Crippen molar-refractivity contribution < 1.29 is 21.6 Å². The van der Waals surface area contributed by atoms with Crippen LogP contribution in [0.15, 0.2) is 34.9 Å². The van der Waals surface area contributed by atoms with Crippen molar-refractivity contribution in [2.24, 2.45) is 0 Å². The average Bonchev–Trinajstić information content (AvgIpc) is 2.37. The molecule has 0 amide bonds. The summed E-state index contributed by atoms with van der Waals surface area (Å²) in [5.41, 5.74) is -2.09. The Morgan fingerprint density at radius 3 is 2.29 bits per heavy atom. The molecule has 0 bridgehead atoms. The Labute approximate surface area is 118 Å². The zero-order valence-electron chi connectivity index (χ0n) is 10.6. The number of hydrogen-bond acceptors (Lipinski definition) is 5. The summed E-state index contributed by atoms with van der Waals surface area (Å²) < 4.78 is 61.4. The van der Waals surface area contributed by atoms with Gasteiger partial charge in [0.25, 0.3) is 0 Å². The largest absolute Gasteiger partial charge is 0.418 e. The highest BCUT2D eigenvalue weighted by Crippen LogP contribution is 2.36. The SMILES string of the molecule is CS(=O)(=O)c1ccc(NC=C(C#N)C#N)c(C(F)(F)F)c1. The summed E-state index contributed by atoms with van der Waals surface area (Å²) >= 11 is 0. The fraction of sp³-hybridized carbons (Fsp3) is 0.167. The van der Waals surface area contributed by atoms with Crippen molar-refractivity contribution in [2.45, 2.75) is 11.1 Å². The van der Waals surface area contributed by atoms with Crippen molar-refractivity contribution in [1.29, 1.82) is 10.5 Å². The van der Waals surface area contributed by atoms with Gasteiger partial charge in [0.1, 0.15) is 17.7 Å². The van der Waals surface area contributed by atoms with Crippen molar-refractivity contribution in [2.75, 3.05) is 11.6 Å². The zero-order valence-corrected chi connectivity index (χ0v) is 11.4. The smallest absolute Gasteiger partial charge is 0.359 e. The molecule has 1 aromatic rings. The predicted molar refractivity (Wildman–Crippen MR) is 67.5 cm³/mol. The first-order valence-electron chi connectivity index (χ1n) is 5.28. The Kier molecular flexibility index (Phi) is 4.61. The molecule has 0 spiro atoms. The van der Waals surface area contributed by atoms with E-state index in [0.717, 1.165) is 24.6 Å². The summed E-state index contributed by atoms with van der Waals surface area (Å²) in [5, 5.41) is 19.2. The summed E-state index contributed by atoms with van der Waals surface area (Å²) in [6.45, 7) is 0. The molecule has 0 unspecified atom stereocenters. The second-order valence-electron chi connectivity index (χ2n) is 3.90. The summed E-state index contributed by atoms with van der Waals surface area (Å²) in [4.78, 5) is -0.481. The number of alkyl halides is 3. The van der Waals surface area contributed by atoms with Crippen molar-refractivity contribution >= 4 is 15.5 Å². The summed E-state index contributed by atoms with van der Waals surface area (Å²) in [6, 6.07) is 5.36. The van der Waals surface area contributed by atoms with E-state index in [1.165, 1.54) is 12.1 Å². The highest BCUT2D eigenvalue weighted by Gasteiger charge is 2.34. The zero-order chi connectivity index (χ0) is 16.3. The van der Waals surface area contributed by atoms with Crippen LogP contribution in [0, 0.1) is 22.7 Å². The van der Waals surface area contributed by atoms with E-state index >= 15 is 0 Å². The van der Waals surface area contributed by atoms with Crippen LogP contribution in [0.4, 0.5) is 18.9 Å². The Bertz CT molecular complexity index is 752. The number of hydrogen-bond donors (Lipinski definition) is 1. The molecule has 0 heterocycles. The highest BCUT2D eigenvalue weighted by atomic mass is 32.2. The molecule has 0 radical (unpaired) electrons. The van der Waals surface area contributed by atoms with Crippen molar-refractivity contribution in [3.63, 3.8) is 0 Å². The number of allylic oxidation sites excluding steroid dienone is 1. The Morgan fingerprint density at radius 2 is 1.86 bits per heavy atom. The third-order valence-electron chi connectivity index (χ3n) is 2.34. The standard InChI is InChI=1S/C12H8F3N3O2S/c1-21(19,20)9-2-3-11(10(4-9)12(13,14)15)18-7-8(5-16)6-17/h2-4,7,18H,1H3. The number of nitrogens with zero attached hydrogens (tertiary/aromatic N) is 2. The number of benzene rings is 1. The molecule has 0 saturated heterocycles. The van der Waals surface area contributed by atoms with E-state index in [9.17, 15) is 21.6 Å². The minimum absolute atomic E-state index is 0.421. The van der Waals surface area contributed by atoms with E-state index in [4.69, 9.17) is 10.5 Å². The lowest BCUT2D eigenvalue weighted by Gasteiger charge is -2.13. The molecule has 0 aromatic heterocycles. The molecule has 5 nitrogen and oxygen atoms in total. The van der Waals surface area contributed by atoms with Gasteiger partial charge in [-0.15, -0.1) is 0 Å². The van der Waals surface area contributed by atoms with Gasteiger partial charge < -0.3 is 5.32 Å². The lowest BCUT2D eigenvalue weighted by atomic mass is 10.1. The minimum Gasteiger partial charge on any atom is -0.359 e. The van der Waals surface area contributed by atoms with Gasteiger partial charge in [-0.05, 0) is 18.2 Å². The maximum absolute atomic E-state index is 12.9. The quantitative estimate of drug-likeness (QED) is 0.865. The van der Waals surface area contributed by atoms with Crippen LogP contribution in [0.25, 0.3) is 0 Å². The number of rotatable bonds is 3. The molecule has 0 fully saturated rings. The normalized spacial score (nSPS) is 11.1. The summed E-state index contributed by atoms with van der Waals surface area (Å²) in [6.07, 6.45) is -3.19. The maximum atomic E-state index is 12.9. The second-order valence-corrected chi connectivity index (χ2v) is 5.92. The monoisotopic (exact) mass is 315 g/mol. The highest BCUT2D eigenvalue weighted by molar-refractivity contribution is 7.90. The van der Waals surface area contributed by atoms with Gasteiger partial charge in [0.05, 0.1) is 16.1 Å². The number of sulfone groups is 1. The van der Waals surface area contributed by atoms with Crippen LogP contribution >= 0.6 is 0 Å². The molecule has 1 rings (SSSR count). The van der Waals surface area contributed by atoms with E-state index in [1.54, 1.807) is 0 Å². The average molecular weight is 315 g/mol. The van der Waals surface area contributed by atoms with Gasteiger partial charge in [-0.3, -0.25) is 0 Å². The molecule has 1 aromatic carbocycles. The van der Waals surface area contributed by atoms with Crippen molar-refractivity contribution in [3.05, 3.63) is 35.5 Å². The second kappa shape index (κ2) is 5.85. The van der Waals surface area contributed by atoms with Gasteiger partial charge in [0, 0.05) is 12.5 Å². The molecule has 9 heteroatoms. The topological polar surface area (TPSA) is 93.8 Å². The van der Waals surface area contributed by atoms with Crippen LogP contribution in [0.3, 0.4) is 0 Å². The van der Waals surface area contributed by atoms with Gasteiger partial charge in [0.2, 0.25) is 0 Å².